The number of amidine groups is 1. The molecule has 0 radical (unpaired) electrons. The summed E-state index contributed by atoms with van der Waals surface area (Å²) in [7, 11) is 0. The predicted octanol–water partition coefficient (Wildman–Crippen LogP) is 6.56. The number of aromatic carboxylic acids is 1. The topological polar surface area (TPSA) is 97.2 Å². The van der Waals surface area contributed by atoms with Gasteiger partial charge < -0.3 is 19.9 Å². The lowest BCUT2D eigenvalue weighted by molar-refractivity contribution is -0.115. The van der Waals surface area contributed by atoms with Crippen molar-refractivity contribution in [2.75, 3.05) is 6.61 Å². The first-order valence-electron chi connectivity index (χ1n) is 10.8. The summed E-state index contributed by atoms with van der Waals surface area (Å²) in [5.74, 6) is -0.526. The van der Waals surface area contributed by atoms with Gasteiger partial charge in [-0.25, -0.2) is 9.79 Å². The minimum atomic E-state index is -1.05. The maximum absolute atomic E-state index is 12.5. The molecule has 2 N–H and O–H groups in total. The van der Waals surface area contributed by atoms with Crippen molar-refractivity contribution in [3.8, 4) is 11.5 Å². The molecule has 10 heteroatoms. The Bertz CT molecular complexity index is 1370. The highest BCUT2D eigenvalue weighted by molar-refractivity contribution is 8.18. The maximum Gasteiger partial charge on any atom is 0.335 e. The molecule has 0 aliphatic carbocycles. The first kappa shape index (κ1) is 25.6. The number of nitrogens with zero attached hydrogens (tertiary/aromatic N) is 1. The lowest BCUT2D eigenvalue weighted by Crippen LogP contribution is -2.19. The van der Waals surface area contributed by atoms with Crippen LogP contribution in [0.3, 0.4) is 0 Å². The molecule has 3 aromatic carbocycles. The number of hydrogen-bond acceptors (Lipinski definition) is 6. The monoisotopic (exact) mass is 542 g/mol. The fraction of sp³-hybridized carbons (Fsp3) is 0.115. The first-order chi connectivity index (χ1) is 17.3. The molecule has 36 heavy (non-hydrogen) atoms. The molecule has 1 aliphatic heterocycles. The quantitative estimate of drug-likeness (QED) is 0.313. The van der Waals surface area contributed by atoms with E-state index in [1.54, 1.807) is 42.5 Å². The van der Waals surface area contributed by atoms with E-state index in [2.05, 4.69) is 10.3 Å². The number of halogens is 2. The van der Waals surface area contributed by atoms with Gasteiger partial charge in [-0.05, 0) is 78.4 Å². The number of thioether (sulfide) groups is 1. The molecular formula is C26H20Cl2N2O5S. The van der Waals surface area contributed by atoms with Gasteiger partial charge in [0.1, 0.15) is 6.61 Å². The van der Waals surface area contributed by atoms with E-state index in [0.29, 0.717) is 49.5 Å². The van der Waals surface area contributed by atoms with Gasteiger partial charge in [-0.3, -0.25) is 4.79 Å². The van der Waals surface area contributed by atoms with Crippen LogP contribution in [-0.2, 0) is 11.4 Å². The minimum absolute atomic E-state index is 0.110. The molecule has 0 aromatic heterocycles. The molecule has 184 valence electrons. The number of carbonyl (C=O) groups excluding carboxylic acids is 1. The molecule has 3 aromatic rings. The van der Waals surface area contributed by atoms with E-state index in [1.165, 1.54) is 12.1 Å². The van der Waals surface area contributed by atoms with Gasteiger partial charge in [0.05, 0.1) is 27.8 Å². The highest BCUT2D eigenvalue weighted by Crippen LogP contribution is 2.39. The normalized spacial score (nSPS) is 15.2. The van der Waals surface area contributed by atoms with Crippen LogP contribution in [-0.4, -0.2) is 28.8 Å². The van der Waals surface area contributed by atoms with Crippen LogP contribution in [0.5, 0.6) is 11.5 Å². The molecule has 0 spiro atoms. The van der Waals surface area contributed by atoms with Crippen molar-refractivity contribution in [2.24, 2.45) is 4.99 Å². The van der Waals surface area contributed by atoms with Gasteiger partial charge >= 0.3 is 5.97 Å². The number of hydrogen-bond donors (Lipinski definition) is 2. The summed E-state index contributed by atoms with van der Waals surface area (Å²) in [4.78, 5) is 28.5. The second-order valence-electron chi connectivity index (χ2n) is 7.52. The van der Waals surface area contributed by atoms with Crippen molar-refractivity contribution in [1.29, 1.82) is 0 Å². The zero-order chi connectivity index (χ0) is 25.7. The van der Waals surface area contributed by atoms with Gasteiger partial charge in [0.2, 0.25) is 0 Å². The molecule has 1 fully saturated rings. The number of amides is 1. The zero-order valence-corrected chi connectivity index (χ0v) is 21.3. The van der Waals surface area contributed by atoms with Crippen LogP contribution in [0.1, 0.15) is 28.4 Å². The number of carboxylic acid groups (broad SMARTS) is 1. The maximum atomic E-state index is 12.5. The Morgan fingerprint density at radius 3 is 2.61 bits per heavy atom. The lowest BCUT2D eigenvalue weighted by atomic mass is 10.1. The number of ether oxygens (including phenoxy) is 2. The smallest absolute Gasteiger partial charge is 0.335 e. The van der Waals surface area contributed by atoms with Crippen LogP contribution in [0, 0.1) is 0 Å². The Morgan fingerprint density at radius 2 is 1.89 bits per heavy atom. The summed E-state index contributed by atoms with van der Waals surface area (Å²) in [6.07, 6.45) is 1.67. The fourth-order valence-electron chi connectivity index (χ4n) is 3.27. The fourth-order valence-corrected chi connectivity index (χ4v) is 4.51. The Hall–Kier alpha value is -3.46. The standard InChI is InChI=1S/C26H20Cl2N2O5S/c1-2-34-21-11-16(10-20(28)23(21)35-14-15-6-8-18(27)9-7-15)12-22-24(31)30-26(36-22)29-19-5-3-4-17(13-19)25(32)33/h3-13H,2,14H2,1H3,(H,32,33)(H,29,30,31)/b22-12-. The summed E-state index contributed by atoms with van der Waals surface area (Å²) in [5, 5.41) is 13.2. The largest absolute Gasteiger partial charge is 0.490 e. The number of carbonyl (C=O) groups is 2. The number of rotatable bonds is 8. The van der Waals surface area contributed by atoms with E-state index in [9.17, 15) is 9.59 Å². The Kier molecular flexibility index (Phi) is 8.20. The molecule has 1 aliphatic rings. The van der Waals surface area contributed by atoms with Gasteiger partial charge in [-0.1, -0.05) is 41.4 Å². The van der Waals surface area contributed by atoms with Crippen molar-refractivity contribution < 1.29 is 24.2 Å². The molecule has 1 saturated heterocycles. The highest BCUT2D eigenvalue weighted by atomic mass is 35.5. The van der Waals surface area contributed by atoms with Gasteiger partial charge in [-0.2, -0.15) is 0 Å². The van der Waals surface area contributed by atoms with Crippen molar-refractivity contribution in [3.05, 3.63) is 92.3 Å². The van der Waals surface area contributed by atoms with E-state index in [1.807, 2.05) is 19.1 Å². The van der Waals surface area contributed by atoms with Gasteiger partial charge in [0, 0.05) is 5.02 Å². The Balaban J connectivity index is 1.55. The van der Waals surface area contributed by atoms with Gasteiger partial charge in [-0.15, -0.1) is 0 Å². The average Bonchev–Trinajstić information content (AvgIpc) is 3.18. The van der Waals surface area contributed by atoms with E-state index in [4.69, 9.17) is 37.8 Å². The SMILES string of the molecule is CCOc1cc(/C=C2\SC(=Nc3cccc(C(=O)O)c3)NC2=O)cc(Cl)c1OCc1ccc(Cl)cc1. The van der Waals surface area contributed by atoms with Crippen LogP contribution < -0.4 is 14.8 Å². The summed E-state index contributed by atoms with van der Waals surface area (Å²) < 4.78 is 11.7. The second-order valence-corrected chi connectivity index (χ2v) is 9.39. The number of nitrogens with one attached hydrogen (secondary N) is 1. The number of benzene rings is 3. The third kappa shape index (κ3) is 6.40. The van der Waals surface area contributed by atoms with E-state index in [-0.39, 0.29) is 18.1 Å². The molecule has 0 unspecified atom stereocenters. The van der Waals surface area contributed by atoms with Gasteiger partial charge in [0.15, 0.2) is 16.7 Å². The minimum Gasteiger partial charge on any atom is -0.490 e. The summed E-state index contributed by atoms with van der Waals surface area (Å²) >= 11 is 13.6. The average molecular weight is 543 g/mol. The molecule has 4 rings (SSSR count). The Labute approximate surface area is 221 Å². The van der Waals surface area contributed by atoms with E-state index >= 15 is 0 Å². The van der Waals surface area contributed by atoms with Crippen LogP contribution in [0.4, 0.5) is 5.69 Å². The summed E-state index contributed by atoms with van der Waals surface area (Å²) in [6, 6.07) is 16.9. The van der Waals surface area contributed by atoms with E-state index < -0.39 is 5.97 Å². The van der Waals surface area contributed by atoms with Crippen LogP contribution in [0.15, 0.2) is 70.6 Å². The van der Waals surface area contributed by atoms with Gasteiger partial charge in [0.25, 0.3) is 5.91 Å². The molecular weight excluding hydrogens is 523 g/mol. The van der Waals surface area contributed by atoms with Crippen molar-refractivity contribution in [3.63, 3.8) is 0 Å². The zero-order valence-electron chi connectivity index (χ0n) is 19.0. The third-order valence-corrected chi connectivity index (χ3v) is 6.34. The highest BCUT2D eigenvalue weighted by Gasteiger charge is 2.24. The van der Waals surface area contributed by atoms with Crippen LogP contribution in [0.2, 0.25) is 10.0 Å². The molecule has 0 bridgehead atoms. The molecule has 0 saturated carbocycles. The molecule has 7 nitrogen and oxygen atoms in total. The van der Waals surface area contributed by atoms with Crippen molar-refractivity contribution >= 4 is 63.8 Å². The van der Waals surface area contributed by atoms with Crippen LogP contribution >= 0.6 is 35.0 Å². The lowest BCUT2D eigenvalue weighted by Gasteiger charge is -2.15. The number of carboxylic acids is 1. The molecule has 0 atom stereocenters. The first-order valence-corrected chi connectivity index (χ1v) is 12.4. The molecule has 1 heterocycles. The summed E-state index contributed by atoms with van der Waals surface area (Å²) in [5.41, 5.74) is 2.10. The van der Waals surface area contributed by atoms with Crippen molar-refractivity contribution in [2.45, 2.75) is 13.5 Å². The van der Waals surface area contributed by atoms with Crippen LogP contribution in [0.25, 0.3) is 6.08 Å². The predicted molar refractivity (Wildman–Crippen MR) is 143 cm³/mol. The number of aliphatic imine (C=N–C) groups is 1. The Morgan fingerprint density at radius 1 is 1.11 bits per heavy atom. The van der Waals surface area contributed by atoms with E-state index in [0.717, 1.165) is 17.3 Å². The third-order valence-electron chi connectivity index (χ3n) is 4.90. The molecule has 1 amide bonds. The second kappa shape index (κ2) is 11.5. The van der Waals surface area contributed by atoms with Crippen molar-refractivity contribution in [1.82, 2.24) is 5.32 Å². The summed E-state index contributed by atoms with van der Waals surface area (Å²) in [6.45, 7) is 2.53.